The van der Waals surface area contributed by atoms with E-state index in [0.29, 0.717) is 0 Å². The van der Waals surface area contributed by atoms with E-state index in [1.165, 1.54) is 12.1 Å². The Kier molecular flexibility index (Phi) is 3.71. The predicted octanol–water partition coefficient (Wildman–Crippen LogP) is 4.73. The maximum atomic E-state index is 13.5. The standard InChI is InChI=1S/C13H7BrF4/c14-13(7-4-5-8(15)11(18)6-7)12-9(16)2-1-3-10(12)17/h1-6,13H. The van der Waals surface area contributed by atoms with E-state index in [1.54, 1.807) is 0 Å². The Morgan fingerprint density at radius 3 is 1.94 bits per heavy atom. The fourth-order valence-corrected chi connectivity index (χ4v) is 2.31. The van der Waals surface area contributed by atoms with Crippen LogP contribution in [0.25, 0.3) is 0 Å². The zero-order valence-corrected chi connectivity index (χ0v) is 10.5. The van der Waals surface area contributed by atoms with Gasteiger partial charge in [0.05, 0.1) is 4.83 Å². The number of halogens is 5. The molecule has 18 heavy (non-hydrogen) atoms. The first kappa shape index (κ1) is 13.1. The third kappa shape index (κ3) is 2.41. The van der Waals surface area contributed by atoms with Crippen molar-refractivity contribution in [2.24, 2.45) is 0 Å². The molecule has 0 heterocycles. The van der Waals surface area contributed by atoms with Crippen LogP contribution in [0, 0.1) is 23.3 Å². The maximum Gasteiger partial charge on any atom is 0.159 e. The molecule has 1 atom stereocenters. The van der Waals surface area contributed by atoms with Crippen molar-refractivity contribution in [3.05, 3.63) is 70.8 Å². The summed E-state index contributed by atoms with van der Waals surface area (Å²) in [4.78, 5) is -0.881. The monoisotopic (exact) mass is 318 g/mol. The van der Waals surface area contributed by atoms with Crippen LogP contribution in [0.3, 0.4) is 0 Å². The van der Waals surface area contributed by atoms with Gasteiger partial charge in [0.2, 0.25) is 0 Å². The number of hydrogen-bond acceptors (Lipinski definition) is 0. The minimum absolute atomic E-state index is 0.233. The lowest BCUT2D eigenvalue weighted by Crippen LogP contribution is -2.01. The van der Waals surface area contributed by atoms with E-state index in [2.05, 4.69) is 15.9 Å². The maximum absolute atomic E-state index is 13.5. The van der Waals surface area contributed by atoms with Crippen molar-refractivity contribution < 1.29 is 17.6 Å². The van der Waals surface area contributed by atoms with E-state index in [1.807, 2.05) is 0 Å². The molecule has 2 rings (SSSR count). The van der Waals surface area contributed by atoms with Crippen LogP contribution in [0.4, 0.5) is 17.6 Å². The van der Waals surface area contributed by atoms with Gasteiger partial charge in [-0.2, -0.15) is 0 Å². The highest BCUT2D eigenvalue weighted by atomic mass is 79.9. The van der Waals surface area contributed by atoms with Crippen LogP contribution in [0.2, 0.25) is 0 Å². The molecule has 5 heteroatoms. The Bertz CT molecular complexity index is 563. The smallest absolute Gasteiger partial charge is 0.159 e. The van der Waals surface area contributed by atoms with Gasteiger partial charge in [-0.05, 0) is 29.8 Å². The van der Waals surface area contributed by atoms with Gasteiger partial charge in [0.1, 0.15) is 11.6 Å². The Morgan fingerprint density at radius 1 is 0.778 bits per heavy atom. The Balaban J connectivity index is 2.48. The molecule has 0 aliphatic heterocycles. The van der Waals surface area contributed by atoms with E-state index < -0.39 is 28.1 Å². The summed E-state index contributed by atoms with van der Waals surface area (Å²) < 4.78 is 52.9. The van der Waals surface area contributed by atoms with Crippen LogP contribution in [0.1, 0.15) is 16.0 Å². The molecule has 0 fully saturated rings. The predicted molar refractivity (Wildman–Crippen MR) is 63.5 cm³/mol. The molecule has 94 valence electrons. The van der Waals surface area contributed by atoms with Gasteiger partial charge in [-0.3, -0.25) is 0 Å². The van der Waals surface area contributed by atoms with Crippen molar-refractivity contribution in [3.63, 3.8) is 0 Å². The van der Waals surface area contributed by atoms with Crippen molar-refractivity contribution >= 4 is 15.9 Å². The largest absolute Gasteiger partial charge is 0.207 e. The molecule has 0 aliphatic carbocycles. The lowest BCUT2D eigenvalue weighted by atomic mass is 10.0. The Labute approximate surface area is 109 Å². The summed E-state index contributed by atoms with van der Waals surface area (Å²) in [5.41, 5.74) is 0.00130. The van der Waals surface area contributed by atoms with E-state index >= 15 is 0 Å². The minimum Gasteiger partial charge on any atom is -0.207 e. The van der Waals surface area contributed by atoms with Crippen LogP contribution in [0.5, 0.6) is 0 Å². The van der Waals surface area contributed by atoms with Crippen molar-refractivity contribution in [3.8, 4) is 0 Å². The second-order valence-corrected chi connectivity index (χ2v) is 4.59. The quantitative estimate of drug-likeness (QED) is 0.555. The van der Waals surface area contributed by atoms with Gasteiger partial charge in [-0.25, -0.2) is 17.6 Å². The average Bonchev–Trinajstić information content (AvgIpc) is 2.32. The first-order chi connectivity index (χ1) is 8.50. The molecule has 0 bridgehead atoms. The molecular weight excluding hydrogens is 312 g/mol. The molecule has 0 spiro atoms. The van der Waals surface area contributed by atoms with Crippen LogP contribution in [0.15, 0.2) is 36.4 Å². The van der Waals surface area contributed by atoms with Crippen molar-refractivity contribution in [2.75, 3.05) is 0 Å². The van der Waals surface area contributed by atoms with Crippen LogP contribution in [-0.2, 0) is 0 Å². The van der Waals surface area contributed by atoms with Gasteiger partial charge < -0.3 is 0 Å². The SMILES string of the molecule is Fc1ccc(C(Br)c2c(F)cccc2F)cc1F. The van der Waals surface area contributed by atoms with E-state index in [4.69, 9.17) is 0 Å². The molecule has 1 unspecified atom stereocenters. The summed E-state index contributed by atoms with van der Waals surface area (Å²) >= 11 is 3.09. The van der Waals surface area contributed by atoms with Gasteiger partial charge in [-0.15, -0.1) is 0 Å². The third-order valence-electron chi connectivity index (χ3n) is 2.49. The molecule has 2 aromatic rings. The molecule has 0 saturated carbocycles. The molecule has 0 saturated heterocycles. The van der Waals surface area contributed by atoms with E-state index in [0.717, 1.165) is 24.3 Å². The van der Waals surface area contributed by atoms with Gasteiger partial charge in [0.25, 0.3) is 0 Å². The summed E-state index contributed by atoms with van der Waals surface area (Å²) in [6.07, 6.45) is 0. The summed E-state index contributed by atoms with van der Waals surface area (Å²) in [5.74, 6) is -3.57. The van der Waals surface area contributed by atoms with Crippen molar-refractivity contribution in [1.29, 1.82) is 0 Å². The van der Waals surface area contributed by atoms with Gasteiger partial charge >= 0.3 is 0 Å². The normalized spacial score (nSPS) is 12.5. The van der Waals surface area contributed by atoms with Crippen LogP contribution < -0.4 is 0 Å². The first-order valence-electron chi connectivity index (χ1n) is 5.03. The summed E-state index contributed by atoms with van der Waals surface area (Å²) in [5, 5.41) is 0. The Hall–Kier alpha value is -1.36. The molecule has 2 aromatic carbocycles. The molecule has 0 nitrogen and oxygen atoms in total. The summed E-state index contributed by atoms with van der Waals surface area (Å²) in [7, 11) is 0. The van der Waals surface area contributed by atoms with Crippen LogP contribution >= 0.6 is 15.9 Å². The topological polar surface area (TPSA) is 0 Å². The van der Waals surface area contributed by atoms with Gasteiger partial charge in [0.15, 0.2) is 11.6 Å². The number of rotatable bonds is 2. The van der Waals surface area contributed by atoms with E-state index in [9.17, 15) is 17.6 Å². The summed E-state index contributed by atoms with van der Waals surface area (Å²) in [6.45, 7) is 0. The molecule has 0 radical (unpaired) electrons. The third-order valence-corrected chi connectivity index (χ3v) is 3.48. The van der Waals surface area contributed by atoms with Gasteiger partial charge in [-0.1, -0.05) is 28.1 Å². The highest BCUT2D eigenvalue weighted by molar-refractivity contribution is 9.09. The molecule has 0 aliphatic rings. The fraction of sp³-hybridized carbons (Fsp3) is 0.0769. The zero-order valence-electron chi connectivity index (χ0n) is 8.93. The first-order valence-corrected chi connectivity index (χ1v) is 5.95. The number of benzene rings is 2. The van der Waals surface area contributed by atoms with E-state index in [-0.39, 0.29) is 11.1 Å². The lowest BCUT2D eigenvalue weighted by molar-refractivity contribution is 0.506. The second kappa shape index (κ2) is 5.10. The number of hydrogen-bond donors (Lipinski definition) is 0. The Morgan fingerprint density at radius 2 is 1.39 bits per heavy atom. The molecule has 0 aromatic heterocycles. The molecular formula is C13H7BrF4. The second-order valence-electron chi connectivity index (χ2n) is 3.67. The lowest BCUT2D eigenvalue weighted by Gasteiger charge is -2.12. The van der Waals surface area contributed by atoms with Crippen molar-refractivity contribution in [1.82, 2.24) is 0 Å². The number of alkyl halides is 1. The van der Waals surface area contributed by atoms with Gasteiger partial charge in [0, 0.05) is 5.56 Å². The van der Waals surface area contributed by atoms with Crippen LogP contribution in [-0.4, -0.2) is 0 Å². The fourth-order valence-electron chi connectivity index (χ4n) is 1.59. The summed E-state index contributed by atoms with van der Waals surface area (Å²) in [6, 6.07) is 6.53. The highest BCUT2D eigenvalue weighted by Crippen LogP contribution is 2.34. The zero-order chi connectivity index (χ0) is 13.3. The minimum atomic E-state index is -1.06. The average molecular weight is 319 g/mol. The van der Waals surface area contributed by atoms with Crippen molar-refractivity contribution in [2.45, 2.75) is 4.83 Å². The highest BCUT2D eigenvalue weighted by Gasteiger charge is 2.20. The molecule has 0 amide bonds. The molecule has 0 N–H and O–H groups in total.